The standard InChI is InChI=1S/C12H15BrN4O4S/c1-5-2-7(11(13)15-3-5)22-12-10(20)8(16-17-14)9(19)6(4-18)21-12/h2-3,6,8-10,12,18-20H,4H2,1H3/t6?,8-,9-,10?,12+/m0/s1. The van der Waals surface area contributed by atoms with Crippen molar-refractivity contribution < 1.29 is 20.1 Å². The molecule has 0 amide bonds. The molecule has 0 aromatic carbocycles. The molecule has 3 N–H and O–H groups in total. The molecule has 120 valence electrons. The molecule has 22 heavy (non-hydrogen) atoms. The zero-order valence-corrected chi connectivity index (χ0v) is 14.0. The van der Waals surface area contributed by atoms with Gasteiger partial charge < -0.3 is 20.1 Å². The SMILES string of the molecule is Cc1cnc(Br)c(S[C@H]2OC(CO)[C@H](O)[C@H](N=[N+]=[N-])C2O)c1. The maximum absolute atomic E-state index is 10.3. The number of azide groups is 1. The number of aliphatic hydroxyl groups excluding tert-OH is 3. The number of aryl methyl sites for hydroxylation is 1. The van der Waals surface area contributed by atoms with E-state index in [-0.39, 0.29) is 0 Å². The molecule has 1 fully saturated rings. The van der Waals surface area contributed by atoms with Gasteiger partial charge in [-0.3, -0.25) is 0 Å². The lowest BCUT2D eigenvalue weighted by molar-refractivity contribution is -0.159. The molecule has 2 unspecified atom stereocenters. The van der Waals surface area contributed by atoms with Crippen LogP contribution in [0.15, 0.2) is 26.9 Å². The molecule has 10 heteroatoms. The molecule has 1 aliphatic heterocycles. The summed E-state index contributed by atoms with van der Waals surface area (Å²) in [7, 11) is 0. The minimum Gasteiger partial charge on any atom is -0.394 e. The van der Waals surface area contributed by atoms with Crippen molar-refractivity contribution in [2.45, 2.75) is 41.6 Å². The Morgan fingerprint density at radius 1 is 1.50 bits per heavy atom. The van der Waals surface area contributed by atoms with Gasteiger partial charge in [0, 0.05) is 16.0 Å². The minimum atomic E-state index is -1.27. The Hall–Kier alpha value is -0.870. The van der Waals surface area contributed by atoms with Crippen molar-refractivity contribution in [3.05, 3.63) is 32.9 Å². The zero-order valence-electron chi connectivity index (χ0n) is 11.6. The second kappa shape index (κ2) is 7.60. The predicted octanol–water partition coefficient (Wildman–Crippen LogP) is 1.36. The van der Waals surface area contributed by atoms with Crippen LogP contribution in [0.5, 0.6) is 0 Å². The smallest absolute Gasteiger partial charge is 0.134 e. The van der Waals surface area contributed by atoms with E-state index < -0.39 is 36.4 Å². The lowest BCUT2D eigenvalue weighted by atomic mass is 9.98. The van der Waals surface area contributed by atoms with E-state index in [4.69, 9.17) is 10.3 Å². The summed E-state index contributed by atoms with van der Waals surface area (Å²) < 4.78 is 6.11. The number of nitrogens with zero attached hydrogens (tertiary/aromatic N) is 4. The highest BCUT2D eigenvalue weighted by atomic mass is 79.9. The van der Waals surface area contributed by atoms with E-state index in [1.54, 1.807) is 6.20 Å². The van der Waals surface area contributed by atoms with Crippen LogP contribution in [0.2, 0.25) is 0 Å². The number of halogens is 1. The molecule has 0 spiro atoms. The quantitative estimate of drug-likeness (QED) is 0.307. The van der Waals surface area contributed by atoms with Crippen LogP contribution in [0.3, 0.4) is 0 Å². The van der Waals surface area contributed by atoms with Crippen molar-refractivity contribution in [3.63, 3.8) is 0 Å². The number of thioether (sulfide) groups is 1. The second-order valence-corrected chi connectivity index (χ2v) is 6.71. The fraction of sp³-hybridized carbons (Fsp3) is 0.583. The maximum Gasteiger partial charge on any atom is 0.134 e. The van der Waals surface area contributed by atoms with Gasteiger partial charge in [-0.2, -0.15) is 0 Å². The number of rotatable bonds is 4. The van der Waals surface area contributed by atoms with Crippen LogP contribution in [0.4, 0.5) is 0 Å². The minimum absolute atomic E-state index is 0.449. The third kappa shape index (κ3) is 3.72. The Morgan fingerprint density at radius 3 is 2.86 bits per heavy atom. The monoisotopic (exact) mass is 390 g/mol. The van der Waals surface area contributed by atoms with Crippen LogP contribution in [0, 0.1) is 6.92 Å². The van der Waals surface area contributed by atoms with Gasteiger partial charge in [0.25, 0.3) is 0 Å². The summed E-state index contributed by atoms with van der Waals surface area (Å²) in [5.41, 5.74) is 8.70. The summed E-state index contributed by atoms with van der Waals surface area (Å²) in [6.45, 7) is 1.43. The molecular weight excluding hydrogens is 376 g/mol. The number of ether oxygens (including phenoxy) is 1. The first-order valence-electron chi connectivity index (χ1n) is 6.43. The Balaban J connectivity index is 2.25. The van der Waals surface area contributed by atoms with E-state index in [2.05, 4.69) is 30.9 Å². The van der Waals surface area contributed by atoms with Crippen LogP contribution >= 0.6 is 27.7 Å². The number of hydrogen-bond donors (Lipinski definition) is 3. The van der Waals surface area contributed by atoms with E-state index >= 15 is 0 Å². The largest absolute Gasteiger partial charge is 0.394 e. The summed E-state index contributed by atoms with van der Waals surface area (Å²) in [4.78, 5) is 7.53. The number of aromatic nitrogens is 1. The van der Waals surface area contributed by atoms with Gasteiger partial charge in [-0.05, 0) is 40.0 Å². The molecule has 2 rings (SSSR count). The molecule has 1 saturated heterocycles. The fourth-order valence-electron chi connectivity index (χ4n) is 2.09. The van der Waals surface area contributed by atoms with Gasteiger partial charge >= 0.3 is 0 Å². The molecule has 0 aliphatic carbocycles. The average Bonchev–Trinajstić information content (AvgIpc) is 2.50. The van der Waals surface area contributed by atoms with Gasteiger partial charge in [-0.25, -0.2) is 4.98 Å². The molecule has 1 aromatic rings. The molecule has 0 saturated carbocycles. The third-order valence-corrected chi connectivity index (χ3v) is 5.30. The number of hydrogen-bond acceptors (Lipinski definition) is 7. The van der Waals surface area contributed by atoms with Gasteiger partial charge in [0.15, 0.2) is 0 Å². The number of pyridine rings is 1. The summed E-state index contributed by atoms with van der Waals surface area (Å²) in [6.07, 6.45) is -1.74. The summed E-state index contributed by atoms with van der Waals surface area (Å²) in [5.74, 6) is 0. The van der Waals surface area contributed by atoms with E-state index in [0.717, 1.165) is 10.5 Å². The predicted molar refractivity (Wildman–Crippen MR) is 83.2 cm³/mol. The highest BCUT2D eigenvalue weighted by molar-refractivity contribution is 9.10. The number of aliphatic hydroxyl groups is 3. The third-order valence-electron chi connectivity index (χ3n) is 3.22. The lowest BCUT2D eigenvalue weighted by Crippen LogP contribution is -2.56. The van der Waals surface area contributed by atoms with Crippen molar-refractivity contribution in [1.82, 2.24) is 4.98 Å². The summed E-state index contributed by atoms with van der Waals surface area (Å²) >= 11 is 4.49. The lowest BCUT2D eigenvalue weighted by Gasteiger charge is -2.40. The van der Waals surface area contributed by atoms with Crippen LogP contribution in [-0.2, 0) is 4.74 Å². The molecule has 1 aromatic heterocycles. The van der Waals surface area contributed by atoms with Crippen molar-refractivity contribution in [3.8, 4) is 0 Å². The first-order valence-corrected chi connectivity index (χ1v) is 8.10. The molecule has 1 aliphatic rings. The molecule has 8 nitrogen and oxygen atoms in total. The molecule has 0 radical (unpaired) electrons. The van der Waals surface area contributed by atoms with Crippen LogP contribution in [0.25, 0.3) is 10.4 Å². The topological polar surface area (TPSA) is 132 Å². The highest BCUT2D eigenvalue weighted by Crippen LogP contribution is 2.37. The van der Waals surface area contributed by atoms with Crippen molar-refractivity contribution in [2.24, 2.45) is 5.11 Å². The Bertz CT molecular complexity index is 586. The molecule has 2 heterocycles. The van der Waals surface area contributed by atoms with Crippen LogP contribution in [-0.4, -0.2) is 56.7 Å². The van der Waals surface area contributed by atoms with Gasteiger partial charge in [0.05, 0.1) is 18.8 Å². The summed E-state index contributed by atoms with van der Waals surface area (Å²) in [6, 6.07) is 0.768. The second-order valence-electron chi connectivity index (χ2n) is 4.82. The normalized spacial score (nSPS) is 31.6. The van der Waals surface area contributed by atoms with E-state index in [1.807, 2.05) is 13.0 Å². The Labute approximate surface area is 139 Å². The van der Waals surface area contributed by atoms with E-state index in [9.17, 15) is 15.3 Å². The van der Waals surface area contributed by atoms with Gasteiger partial charge in [-0.15, -0.1) is 0 Å². The van der Waals surface area contributed by atoms with Crippen molar-refractivity contribution in [2.75, 3.05) is 6.61 Å². The zero-order chi connectivity index (χ0) is 16.3. The van der Waals surface area contributed by atoms with Crippen LogP contribution < -0.4 is 0 Å². The molecular formula is C12H15BrN4O4S. The molecule has 5 atom stereocenters. The fourth-order valence-corrected chi connectivity index (χ4v) is 3.74. The van der Waals surface area contributed by atoms with E-state index in [0.29, 0.717) is 4.60 Å². The maximum atomic E-state index is 10.3. The van der Waals surface area contributed by atoms with Crippen molar-refractivity contribution >= 4 is 27.7 Å². The summed E-state index contributed by atoms with van der Waals surface area (Å²) in [5, 5.41) is 33.0. The van der Waals surface area contributed by atoms with Gasteiger partial charge in [0.1, 0.15) is 22.2 Å². The highest BCUT2D eigenvalue weighted by Gasteiger charge is 2.44. The Kier molecular flexibility index (Phi) is 6.04. The Morgan fingerprint density at radius 2 is 2.23 bits per heavy atom. The van der Waals surface area contributed by atoms with E-state index in [1.165, 1.54) is 11.8 Å². The van der Waals surface area contributed by atoms with Gasteiger partial charge in [0.2, 0.25) is 0 Å². The first-order chi connectivity index (χ1) is 10.5. The molecule has 0 bridgehead atoms. The van der Waals surface area contributed by atoms with Crippen LogP contribution in [0.1, 0.15) is 5.56 Å². The average molecular weight is 391 g/mol. The van der Waals surface area contributed by atoms with Crippen molar-refractivity contribution in [1.29, 1.82) is 0 Å². The van der Waals surface area contributed by atoms with Gasteiger partial charge in [-0.1, -0.05) is 16.9 Å². The first kappa shape index (κ1) is 17.5.